The van der Waals surface area contributed by atoms with E-state index in [1.54, 1.807) is 0 Å². The van der Waals surface area contributed by atoms with Gasteiger partial charge < -0.3 is 10.5 Å². The Morgan fingerprint density at radius 2 is 2.43 bits per heavy atom. The molecule has 3 heteroatoms. The van der Waals surface area contributed by atoms with E-state index in [0.29, 0.717) is 12.0 Å². The molecular weight excluding hydrogens is 194 g/mol. The molecule has 0 saturated carbocycles. The molecule has 2 unspecified atom stereocenters. The Morgan fingerprint density at radius 1 is 1.57 bits per heavy atom. The van der Waals surface area contributed by atoms with E-state index < -0.39 is 0 Å². The Balaban J connectivity index is 1.84. The second-order valence-corrected chi connectivity index (χ2v) is 5.34. The van der Waals surface area contributed by atoms with Crippen LogP contribution in [0, 0.1) is 5.92 Å². The SMILES string of the molecule is CC(CN)CSCCCC1CCCO1. The lowest BCUT2D eigenvalue weighted by atomic mass is 10.1. The second kappa shape index (κ2) is 7.55. The molecule has 0 aromatic carbocycles. The number of hydrogen-bond donors (Lipinski definition) is 1. The molecule has 1 aliphatic rings. The Labute approximate surface area is 92.0 Å². The number of rotatable bonds is 7. The number of thioether (sulfide) groups is 1. The highest BCUT2D eigenvalue weighted by atomic mass is 32.2. The summed E-state index contributed by atoms with van der Waals surface area (Å²) < 4.78 is 5.57. The molecule has 1 heterocycles. The summed E-state index contributed by atoms with van der Waals surface area (Å²) in [6.45, 7) is 4.02. The largest absolute Gasteiger partial charge is 0.378 e. The summed E-state index contributed by atoms with van der Waals surface area (Å²) in [5, 5.41) is 0. The minimum atomic E-state index is 0.572. The van der Waals surface area contributed by atoms with E-state index in [4.69, 9.17) is 10.5 Å². The van der Waals surface area contributed by atoms with Crippen molar-refractivity contribution in [3.05, 3.63) is 0 Å². The van der Waals surface area contributed by atoms with Gasteiger partial charge in [-0.1, -0.05) is 6.92 Å². The van der Waals surface area contributed by atoms with Crippen molar-refractivity contribution < 1.29 is 4.74 Å². The van der Waals surface area contributed by atoms with Crippen LogP contribution in [0.5, 0.6) is 0 Å². The maximum absolute atomic E-state index is 5.57. The van der Waals surface area contributed by atoms with Crippen molar-refractivity contribution in [2.75, 3.05) is 24.7 Å². The Kier molecular flexibility index (Phi) is 6.65. The van der Waals surface area contributed by atoms with Crippen molar-refractivity contribution in [2.45, 2.75) is 38.7 Å². The van der Waals surface area contributed by atoms with E-state index in [0.717, 1.165) is 13.2 Å². The molecule has 14 heavy (non-hydrogen) atoms. The van der Waals surface area contributed by atoms with Crippen molar-refractivity contribution in [2.24, 2.45) is 11.7 Å². The molecule has 0 aromatic rings. The molecular formula is C11H23NOS. The lowest BCUT2D eigenvalue weighted by Gasteiger charge is -2.10. The third-order valence-corrected chi connectivity index (χ3v) is 4.03. The van der Waals surface area contributed by atoms with Gasteiger partial charge in [0.25, 0.3) is 0 Å². The van der Waals surface area contributed by atoms with Gasteiger partial charge in [-0.15, -0.1) is 0 Å². The first-order valence-electron chi connectivity index (χ1n) is 5.72. The van der Waals surface area contributed by atoms with Crippen molar-refractivity contribution in [3.8, 4) is 0 Å². The smallest absolute Gasteiger partial charge is 0.0576 e. The Hall–Kier alpha value is 0.270. The third kappa shape index (κ3) is 5.23. The van der Waals surface area contributed by atoms with Crippen LogP contribution in [0.1, 0.15) is 32.6 Å². The zero-order valence-corrected chi connectivity index (χ0v) is 10.0. The van der Waals surface area contributed by atoms with E-state index in [1.165, 1.54) is 37.2 Å². The molecule has 0 amide bonds. The molecule has 0 radical (unpaired) electrons. The Morgan fingerprint density at radius 3 is 3.07 bits per heavy atom. The van der Waals surface area contributed by atoms with Gasteiger partial charge >= 0.3 is 0 Å². The van der Waals surface area contributed by atoms with Crippen molar-refractivity contribution in [3.63, 3.8) is 0 Å². The molecule has 2 atom stereocenters. The molecule has 0 spiro atoms. The summed E-state index contributed by atoms with van der Waals surface area (Å²) in [5.74, 6) is 3.15. The average molecular weight is 217 g/mol. The lowest BCUT2D eigenvalue weighted by molar-refractivity contribution is 0.104. The zero-order valence-electron chi connectivity index (χ0n) is 9.21. The van der Waals surface area contributed by atoms with Crippen LogP contribution in [0.2, 0.25) is 0 Å². The quantitative estimate of drug-likeness (QED) is 0.664. The average Bonchev–Trinajstić information content (AvgIpc) is 2.69. The molecule has 1 aliphatic heterocycles. The van der Waals surface area contributed by atoms with Crippen molar-refractivity contribution in [1.82, 2.24) is 0 Å². The predicted molar refractivity (Wildman–Crippen MR) is 63.8 cm³/mol. The number of nitrogens with two attached hydrogens (primary N) is 1. The molecule has 2 N–H and O–H groups in total. The van der Waals surface area contributed by atoms with Gasteiger partial charge in [0, 0.05) is 6.61 Å². The summed E-state index contributed by atoms with van der Waals surface area (Å²) in [5.41, 5.74) is 5.55. The second-order valence-electron chi connectivity index (χ2n) is 4.19. The highest BCUT2D eigenvalue weighted by Crippen LogP contribution is 2.18. The van der Waals surface area contributed by atoms with Crippen LogP contribution < -0.4 is 5.73 Å². The first-order chi connectivity index (χ1) is 6.83. The number of ether oxygens (including phenoxy) is 1. The molecule has 1 rings (SSSR count). The van der Waals surface area contributed by atoms with Crippen LogP contribution in [0.4, 0.5) is 0 Å². The van der Waals surface area contributed by atoms with Gasteiger partial charge in [-0.25, -0.2) is 0 Å². The van der Waals surface area contributed by atoms with Crippen LogP contribution in [0.25, 0.3) is 0 Å². The third-order valence-electron chi connectivity index (χ3n) is 2.64. The molecule has 84 valence electrons. The minimum Gasteiger partial charge on any atom is -0.378 e. The van der Waals surface area contributed by atoms with Crippen LogP contribution in [-0.4, -0.2) is 30.8 Å². The first-order valence-corrected chi connectivity index (χ1v) is 6.88. The summed E-state index contributed by atoms with van der Waals surface area (Å²) in [4.78, 5) is 0. The van der Waals surface area contributed by atoms with Crippen LogP contribution in [0.3, 0.4) is 0 Å². The van der Waals surface area contributed by atoms with Gasteiger partial charge in [0.05, 0.1) is 6.10 Å². The predicted octanol–water partition coefficient (Wildman–Crippen LogP) is 2.27. The monoisotopic (exact) mass is 217 g/mol. The van der Waals surface area contributed by atoms with Gasteiger partial charge in [-0.2, -0.15) is 11.8 Å². The van der Waals surface area contributed by atoms with E-state index in [-0.39, 0.29) is 0 Å². The first kappa shape index (κ1) is 12.3. The van der Waals surface area contributed by atoms with Crippen molar-refractivity contribution >= 4 is 11.8 Å². The van der Waals surface area contributed by atoms with Crippen LogP contribution in [-0.2, 0) is 4.74 Å². The van der Waals surface area contributed by atoms with Gasteiger partial charge in [0.15, 0.2) is 0 Å². The van der Waals surface area contributed by atoms with Gasteiger partial charge in [0.1, 0.15) is 0 Å². The van der Waals surface area contributed by atoms with Crippen LogP contribution >= 0.6 is 11.8 Å². The molecule has 2 nitrogen and oxygen atoms in total. The summed E-state index contributed by atoms with van der Waals surface area (Å²) in [6, 6.07) is 0. The highest BCUT2D eigenvalue weighted by Gasteiger charge is 2.14. The van der Waals surface area contributed by atoms with E-state index in [2.05, 4.69) is 6.92 Å². The summed E-state index contributed by atoms with van der Waals surface area (Å²) in [6.07, 6.45) is 5.67. The fourth-order valence-corrected chi connectivity index (χ4v) is 2.71. The minimum absolute atomic E-state index is 0.572. The normalized spacial score (nSPS) is 24.0. The molecule has 1 fully saturated rings. The molecule has 0 aromatic heterocycles. The Bertz CT molecular complexity index is 137. The molecule has 0 aliphatic carbocycles. The molecule has 1 saturated heterocycles. The van der Waals surface area contributed by atoms with E-state index >= 15 is 0 Å². The maximum Gasteiger partial charge on any atom is 0.0576 e. The van der Waals surface area contributed by atoms with E-state index in [9.17, 15) is 0 Å². The fraction of sp³-hybridized carbons (Fsp3) is 1.00. The van der Waals surface area contributed by atoms with E-state index in [1.807, 2.05) is 11.8 Å². The van der Waals surface area contributed by atoms with Gasteiger partial charge in [-0.3, -0.25) is 0 Å². The highest BCUT2D eigenvalue weighted by molar-refractivity contribution is 7.99. The number of hydrogen-bond acceptors (Lipinski definition) is 3. The topological polar surface area (TPSA) is 35.2 Å². The maximum atomic E-state index is 5.57. The summed E-state index contributed by atoms with van der Waals surface area (Å²) in [7, 11) is 0. The van der Waals surface area contributed by atoms with Gasteiger partial charge in [-0.05, 0) is 49.7 Å². The van der Waals surface area contributed by atoms with Crippen molar-refractivity contribution in [1.29, 1.82) is 0 Å². The lowest BCUT2D eigenvalue weighted by Crippen LogP contribution is -2.13. The fourth-order valence-electron chi connectivity index (χ4n) is 1.64. The standard InChI is InChI=1S/C11H23NOS/c1-10(8-12)9-14-7-3-5-11-4-2-6-13-11/h10-11H,2-9,12H2,1H3. The summed E-state index contributed by atoms with van der Waals surface area (Å²) >= 11 is 2.03. The van der Waals surface area contributed by atoms with Gasteiger partial charge in [0.2, 0.25) is 0 Å². The molecule has 0 bridgehead atoms. The zero-order chi connectivity index (χ0) is 10.2. The van der Waals surface area contributed by atoms with Crippen LogP contribution in [0.15, 0.2) is 0 Å².